The van der Waals surface area contributed by atoms with Crippen LogP contribution < -0.4 is 19.3 Å². The lowest BCUT2D eigenvalue weighted by atomic mass is 9.88. The number of rotatable bonds is 9. The van der Waals surface area contributed by atoms with E-state index in [2.05, 4.69) is 33.0 Å². The lowest BCUT2D eigenvalue weighted by Gasteiger charge is -2.42. The first-order valence-electron chi connectivity index (χ1n) is 13.2. The van der Waals surface area contributed by atoms with Crippen LogP contribution >= 0.6 is 11.6 Å². The molecule has 200 valence electrons. The number of pyridine rings is 1. The van der Waals surface area contributed by atoms with E-state index in [1.807, 2.05) is 38.2 Å². The SMILES string of the molecule is CN(C)c1ccc(Cl)nc1/C(=C(/C#N)C=O)N(C)C1CCC(N(CC2CC2)c2ccc3c(c2)OCO3)CC1. The monoisotopic (exact) mass is 535 g/mol. The van der Waals surface area contributed by atoms with Gasteiger partial charge < -0.3 is 24.2 Å². The molecule has 38 heavy (non-hydrogen) atoms. The van der Waals surface area contributed by atoms with E-state index in [4.69, 9.17) is 21.1 Å². The molecule has 0 atom stereocenters. The summed E-state index contributed by atoms with van der Waals surface area (Å²) in [5.41, 5.74) is 3.13. The number of hydrogen-bond donors (Lipinski definition) is 0. The molecule has 2 aromatic rings. The van der Waals surface area contributed by atoms with Crippen molar-refractivity contribution in [3.63, 3.8) is 0 Å². The fraction of sp³-hybridized carbons (Fsp3) is 0.483. The van der Waals surface area contributed by atoms with E-state index >= 15 is 0 Å². The molecule has 0 amide bonds. The molecule has 2 fully saturated rings. The first kappa shape index (κ1) is 26.2. The van der Waals surface area contributed by atoms with Gasteiger partial charge in [-0.25, -0.2) is 4.98 Å². The van der Waals surface area contributed by atoms with Gasteiger partial charge in [0.25, 0.3) is 0 Å². The van der Waals surface area contributed by atoms with Gasteiger partial charge in [-0.15, -0.1) is 0 Å². The maximum atomic E-state index is 12.0. The van der Waals surface area contributed by atoms with Crippen LogP contribution in [-0.4, -0.2) is 62.7 Å². The number of allylic oxidation sites excluding steroid dienone is 1. The summed E-state index contributed by atoms with van der Waals surface area (Å²) in [6.45, 7) is 1.33. The molecule has 5 rings (SSSR count). The van der Waals surface area contributed by atoms with Crippen LogP contribution in [0.1, 0.15) is 44.2 Å². The summed E-state index contributed by atoms with van der Waals surface area (Å²) in [5, 5.41) is 10.2. The molecule has 3 aliphatic rings. The zero-order chi connectivity index (χ0) is 26.8. The van der Waals surface area contributed by atoms with Crippen LogP contribution in [0.25, 0.3) is 5.70 Å². The second kappa shape index (κ2) is 11.1. The first-order valence-corrected chi connectivity index (χ1v) is 13.6. The van der Waals surface area contributed by atoms with Gasteiger partial charge in [0.05, 0.1) is 11.4 Å². The van der Waals surface area contributed by atoms with Gasteiger partial charge in [0.15, 0.2) is 17.8 Å². The molecule has 0 N–H and O–H groups in total. The second-order valence-electron chi connectivity index (χ2n) is 10.6. The largest absolute Gasteiger partial charge is 0.454 e. The van der Waals surface area contributed by atoms with Gasteiger partial charge in [-0.2, -0.15) is 5.26 Å². The highest BCUT2D eigenvalue weighted by atomic mass is 35.5. The fourth-order valence-electron chi connectivity index (χ4n) is 5.63. The van der Waals surface area contributed by atoms with Crippen LogP contribution in [0.3, 0.4) is 0 Å². The van der Waals surface area contributed by atoms with Crippen molar-refractivity contribution in [2.75, 3.05) is 44.3 Å². The lowest BCUT2D eigenvalue weighted by molar-refractivity contribution is -0.104. The number of anilines is 2. The molecular weight excluding hydrogens is 502 g/mol. The third-order valence-corrected chi connectivity index (χ3v) is 8.10. The molecule has 9 heteroatoms. The van der Waals surface area contributed by atoms with Crippen molar-refractivity contribution in [3.05, 3.63) is 46.8 Å². The number of aldehydes is 1. The Bertz CT molecular complexity index is 1260. The highest BCUT2D eigenvalue weighted by Crippen LogP contribution is 2.41. The van der Waals surface area contributed by atoms with Crippen LogP contribution in [0, 0.1) is 17.2 Å². The molecule has 0 unspecified atom stereocenters. The third kappa shape index (κ3) is 5.39. The summed E-state index contributed by atoms with van der Waals surface area (Å²) in [6.07, 6.45) is 7.09. The summed E-state index contributed by atoms with van der Waals surface area (Å²) >= 11 is 6.28. The summed E-state index contributed by atoms with van der Waals surface area (Å²) in [6, 6.07) is 12.5. The van der Waals surface area contributed by atoms with Gasteiger partial charge in [-0.05, 0) is 68.7 Å². The number of halogens is 1. The second-order valence-corrected chi connectivity index (χ2v) is 11.0. The Morgan fingerprint density at radius 3 is 2.42 bits per heavy atom. The predicted octanol–water partition coefficient (Wildman–Crippen LogP) is 5.12. The predicted molar refractivity (Wildman–Crippen MR) is 149 cm³/mol. The van der Waals surface area contributed by atoms with E-state index in [1.54, 1.807) is 6.07 Å². The summed E-state index contributed by atoms with van der Waals surface area (Å²) in [4.78, 5) is 23.1. The number of carbonyl (C=O) groups excluding carboxylic acids is 1. The Labute approximate surface area is 229 Å². The zero-order valence-electron chi connectivity index (χ0n) is 22.2. The number of carbonyl (C=O) groups is 1. The number of benzene rings is 1. The van der Waals surface area contributed by atoms with Crippen LogP contribution in [0.4, 0.5) is 11.4 Å². The van der Waals surface area contributed by atoms with E-state index in [9.17, 15) is 10.1 Å². The maximum Gasteiger partial charge on any atom is 0.231 e. The minimum atomic E-state index is 0.0585. The number of aromatic nitrogens is 1. The minimum absolute atomic E-state index is 0.0585. The van der Waals surface area contributed by atoms with Gasteiger partial charge >= 0.3 is 0 Å². The molecule has 2 heterocycles. The third-order valence-electron chi connectivity index (χ3n) is 7.89. The summed E-state index contributed by atoms with van der Waals surface area (Å²) in [7, 11) is 5.78. The van der Waals surface area contributed by atoms with E-state index < -0.39 is 0 Å². The topological polar surface area (TPSA) is 81.9 Å². The number of nitrogens with zero attached hydrogens (tertiary/aromatic N) is 5. The first-order chi connectivity index (χ1) is 18.4. The number of fused-ring (bicyclic) bond motifs is 1. The van der Waals surface area contributed by atoms with Gasteiger partial charge in [0, 0.05) is 51.5 Å². The van der Waals surface area contributed by atoms with Crippen molar-refractivity contribution in [1.29, 1.82) is 5.26 Å². The summed E-state index contributed by atoms with van der Waals surface area (Å²) in [5.74, 6) is 2.37. The molecule has 8 nitrogen and oxygen atoms in total. The smallest absolute Gasteiger partial charge is 0.231 e. The number of ether oxygens (including phenoxy) is 2. The Morgan fingerprint density at radius 2 is 1.76 bits per heavy atom. The molecule has 0 radical (unpaired) electrons. The van der Waals surface area contributed by atoms with E-state index in [1.165, 1.54) is 18.5 Å². The zero-order valence-corrected chi connectivity index (χ0v) is 22.9. The molecule has 2 saturated carbocycles. The molecule has 0 saturated heterocycles. The van der Waals surface area contributed by atoms with E-state index in [-0.39, 0.29) is 18.4 Å². The number of hydrogen-bond acceptors (Lipinski definition) is 8. The molecule has 1 aromatic heterocycles. The molecule has 0 spiro atoms. The van der Waals surface area contributed by atoms with E-state index in [0.29, 0.717) is 28.9 Å². The van der Waals surface area contributed by atoms with Crippen molar-refractivity contribution in [3.8, 4) is 17.6 Å². The fourth-order valence-corrected chi connectivity index (χ4v) is 5.78. The van der Waals surface area contributed by atoms with Gasteiger partial charge in [-0.3, -0.25) is 4.79 Å². The van der Waals surface area contributed by atoms with Gasteiger partial charge in [-0.1, -0.05) is 11.6 Å². The molecule has 0 bridgehead atoms. The quantitative estimate of drug-likeness (QED) is 0.189. The van der Waals surface area contributed by atoms with Crippen LogP contribution in [0.5, 0.6) is 11.5 Å². The number of nitriles is 1. The Balaban J connectivity index is 1.37. The van der Waals surface area contributed by atoms with Crippen molar-refractivity contribution < 1.29 is 14.3 Å². The lowest BCUT2D eigenvalue weighted by Crippen LogP contribution is -2.44. The highest BCUT2D eigenvalue weighted by molar-refractivity contribution is 6.29. The molecule has 1 aromatic carbocycles. The maximum absolute atomic E-state index is 12.0. The molecular formula is C29H34ClN5O3. The summed E-state index contributed by atoms with van der Waals surface area (Å²) < 4.78 is 11.2. The molecule has 1 aliphatic heterocycles. The normalized spacial score (nSPS) is 20.8. The van der Waals surface area contributed by atoms with Crippen molar-refractivity contribution in [2.45, 2.75) is 50.6 Å². The van der Waals surface area contributed by atoms with Crippen molar-refractivity contribution in [1.82, 2.24) is 9.88 Å². The van der Waals surface area contributed by atoms with Crippen molar-refractivity contribution >= 4 is 35.0 Å². The van der Waals surface area contributed by atoms with E-state index in [0.717, 1.165) is 55.3 Å². The standard InChI is InChI=1S/C29H34ClN5O3/c1-33(2)24-11-13-27(30)32-28(24)29(20(15-31)17-36)34(3)21-6-8-22(9-7-21)35(16-19-4-5-19)23-10-12-25-26(14-23)38-18-37-25/h10-14,17,19,21-22H,4-9,16,18H2,1-3H3/b29-20+. The van der Waals surface area contributed by atoms with Gasteiger partial charge in [0.2, 0.25) is 6.79 Å². The Hall–Kier alpha value is -3.44. The van der Waals surface area contributed by atoms with Crippen LogP contribution in [-0.2, 0) is 4.79 Å². The Morgan fingerprint density at radius 1 is 1.05 bits per heavy atom. The minimum Gasteiger partial charge on any atom is -0.454 e. The Kier molecular flexibility index (Phi) is 7.66. The van der Waals surface area contributed by atoms with Crippen molar-refractivity contribution in [2.24, 2.45) is 5.92 Å². The highest BCUT2D eigenvalue weighted by Gasteiger charge is 2.34. The van der Waals surface area contributed by atoms with Gasteiger partial charge in [0.1, 0.15) is 22.5 Å². The average Bonchev–Trinajstić information content (AvgIpc) is 3.63. The van der Waals surface area contributed by atoms with Crippen LogP contribution in [0.2, 0.25) is 5.15 Å². The molecule has 2 aliphatic carbocycles. The van der Waals surface area contributed by atoms with Crippen LogP contribution in [0.15, 0.2) is 35.9 Å². The average molecular weight is 536 g/mol.